The summed E-state index contributed by atoms with van der Waals surface area (Å²) in [6.07, 6.45) is 0. The summed E-state index contributed by atoms with van der Waals surface area (Å²) in [7, 11) is 0. The maximum atomic E-state index is 0. The molecular weight excluding hydrogens is 223 g/mol. The first-order valence-electron chi connectivity index (χ1n) is 0. The van der Waals surface area contributed by atoms with Crippen molar-refractivity contribution >= 4 is 37.7 Å². The van der Waals surface area contributed by atoms with E-state index in [1.165, 1.54) is 0 Å². The van der Waals surface area contributed by atoms with Gasteiger partial charge in [-0.3, -0.25) is 0 Å². The molecule has 0 heterocycles. The Balaban J connectivity index is 0. The van der Waals surface area contributed by atoms with Crippen molar-refractivity contribution in [3.8, 4) is 0 Å². The third-order valence-electron chi connectivity index (χ3n) is 0. The Labute approximate surface area is 111 Å². The average Bonchev–Trinajstić information content (AvgIpc) is 0. The van der Waals surface area contributed by atoms with Gasteiger partial charge in [0.1, 0.15) is 0 Å². The van der Waals surface area contributed by atoms with Gasteiger partial charge in [-0.1, -0.05) is 0 Å². The predicted octanol–water partition coefficient (Wildman–Crippen LogP) is -5.08. The summed E-state index contributed by atoms with van der Waals surface area (Å²) in [5, 5.41) is 0. The van der Waals surface area contributed by atoms with Crippen LogP contribution < -0.4 is 74.0 Å². The van der Waals surface area contributed by atoms with Gasteiger partial charge in [-0.25, -0.2) is 0 Å². The van der Waals surface area contributed by atoms with Crippen LogP contribution >= 0.6 is 0 Å². The fraction of sp³-hybridized carbons (Fsp3) is 0. The van der Waals surface area contributed by atoms with Gasteiger partial charge in [-0.15, -0.1) is 0 Å². The molecule has 0 bridgehead atoms. The van der Waals surface area contributed by atoms with Crippen molar-refractivity contribution in [3.63, 3.8) is 0 Å². The number of rotatable bonds is 0. The van der Waals surface area contributed by atoms with Crippen LogP contribution in [0.2, 0.25) is 0 Å². The summed E-state index contributed by atoms with van der Waals surface area (Å²) in [5.74, 6) is 0. The number of hydrogen-bond donors (Lipinski definition) is 8. The Kier molecular flexibility index (Phi) is 36100. The predicted molar refractivity (Wildman–Crippen MR) is 45.9 cm³/mol. The van der Waals surface area contributed by atoms with Crippen molar-refractivity contribution in [2.75, 3.05) is 0 Å². The minimum Gasteiger partial charge on any atom is -1.00 e. The Morgan fingerprint density at radius 1 is 0.273 bits per heavy atom. The van der Waals surface area contributed by atoms with Gasteiger partial charge in [-0.05, 0) is 0 Å². The van der Waals surface area contributed by atoms with Crippen LogP contribution in [-0.4, -0.2) is 37.7 Å². The molecule has 0 aromatic carbocycles. The van der Waals surface area contributed by atoms with Crippen LogP contribution in [-0.2, 0) is 0 Å². The summed E-state index contributed by atoms with van der Waals surface area (Å²) < 4.78 is 0. The molecule has 0 aliphatic rings. The van der Waals surface area contributed by atoms with Crippen LogP contribution in [0.3, 0.4) is 0 Å². The van der Waals surface area contributed by atoms with Gasteiger partial charge < -0.3 is 74.0 Å². The molecule has 11 heavy (non-hydrogen) atoms. The zero-order valence-electron chi connectivity index (χ0n) is 7.12. The van der Waals surface area contributed by atoms with Crippen molar-refractivity contribution in [1.82, 2.24) is 49.2 Å². The molecule has 0 aliphatic carbocycles. The van der Waals surface area contributed by atoms with Gasteiger partial charge >= 0.3 is 37.7 Å². The van der Waals surface area contributed by atoms with E-state index >= 15 is 0 Å². The Bertz CT molecular complexity index is 12.1. The molecule has 0 amide bonds. The van der Waals surface area contributed by atoms with E-state index < -0.39 is 0 Å². The fourth-order valence-corrected chi connectivity index (χ4v) is 0. The van der Waals surface area contributed by atoms with Gasteiger partial charge in [-0.2, -0.15) is 0 Å². The van der Waals surface area contributed by atoms with Gasteiger partial charge in [0, 0.05) is 0 Å². The summed E-state index contributed by atoms with van der Waals surface area (Å²) in [6.45, 7) is 0. The summed E-state index contributed by atoms with van der Waals surface area (Å²) in [5.41, 5.74) is 0. The maximum Gasteiger partial charge on any atom is 2.00 e. The standard InChI is InChI=1S/Ca.2ClH.8H3N/h;2*1H;8*1H3/q+2;;;;;;;;;;/p-2. The molecule has 0 saturated heterocycles. The Morgan fingerprint density at radius 3 is 0.273 bits per heavy atom. The van der Waals surface area contributed by atoms with Gasteiger partial charge in [0.05, 0.1) is 0 Å². The largest absolute Gasteiger partial charge is 2.00 e. The second-order valence-electron chi connectivity index (χ2n) is 0. The van der Waals surface area contributed by atoms with Crippen LogP contribution in [0.15, 0.2) is 0 Å². The SMILES string of the molecule is N.N.N.N.N.N.N.N.[Ca+2].[Cl-].[Cl-]. The van der Waals surface area contributed by atoms with E-state index in [0.29, 0.717) is 0 Å². The third-order valence-corrected chi connectivity index (χ3v) is 0. The van der Waals surface area contributed by atoms with Gasteiger partial charge in [0.25, 0.3) is 0 Å². The first-order valence-corrected chi connectivity index (χ1v) is 0. The molecule has 0 aromatic heterocycles. The van der Waals surface area contributed by atoms with Crippen LogP contribution in [0.1, 0.15) is 0 Å². The molecule has 0 unspecified atom stereocenters. The van der Waals surface area contributed by atoms with E-state index in [9.17, 15) is 0 Å². The van der Waals surface area contributed by atoms with Crippen molar-refractivity contribution in [2.24, 2.45) is 0 Å². The molecule has 0 radical (unpaired) electrons. The van der Waals surface area contributed by atoms with Crippen molar-refractivity contribution in [2.45, 2.75) is 0 Å². The van der Waals surface area contributed by atoms with E-state index in [-0.39, 0.29) is 112 Å². The quantitative estimate of drug-likeness (QED) is 0.191. The van der Waals surface area contributed by atoms with E-state index in [1.807, 2.05) is 0 Å². The monoisotopic (exact) mass is 246 g/mol. The minimum atomic E-state index is 0. The second kappa shape index (κ2) is 552. The Hall–Kier alpha value is 1.52. The summed E-state index contributed by atoms with van der Waals surface area (Å²) in [4.78, 5) is 0. The molecular formula is H24CaCl2N8. The van der Waals surface area contributed by atoms with Gasteiger partial charge in [0.2, 0.25) is 0 Å². The Morgan fingerprint density at radius 2 is 0.273 bits per heavy atom. The van der Waals surface area contributed by atoms with E-state index in [0.717, 1.165) is 0 Å². The van der Waals surface area contributed by atoms with Crippen molar-refractivity contribution in [3.05, 3.63) is 0 Å². The summed E-state index contributed by atoms with van der Waals surface area (Å²) in [6, 6.07) is 0. The second-order valence-corrected chi connectivity index (χ2v) is 0. The van der Waals surface area contributed by atoms with E-state index in [4.69, 9.17) is 0 Å². The summed E-state index contributed by atoms with van der Waals surface area (Å²) >= 11 is 0. The first-order chi connectivity index (χ1) is 0. The van der Waals surface area contributed by atoms with Crippen molar-refractivity contribution in [1.29, 1.82) is 0 Å². The zero-order valence-corrected chi connectivity index (χ0v) is 10.8. The molecule has 24 N–H and O–H groups in total. The number of halogens is 2. The topological polar surface area (TPSA) is 280 Å². The molecule has 0 spiro atoms. The molecule has 0 fully saturated rings. The van der Waals surface area contributed by atoms with E-state index in [1.54, 1.807) is 0 Å². The molecule has 8 nitrogen and oxygen atoms in total. The molecule has 11 heteroatoms. The molecule has 0 aliphatic heterocycles. The van der Waals surface area contributed by atoms with Crippen LogP contribution in [0.5, 0.6) is 0 Å². The van der Waals surface area contributed by atoms with Crippen molar-refractivity contribution < 1.29 is 24.8 Å². The van der Waals surface area contributed by atoms with Crippen LogP contribution in [0.25, 0.3) is 0 Å². The average molecular weight is 247 g/mol. The number of hydrogen-bond acceptors (Lipinski definition) is 8. The smallest absolute Gasteiger partial charge is 1.00 e. The molecule has 0 aromatic rings. The van der Waals surface area contributed by atoms with Crippen LogP contribution in [0, 0.1) is 0 Å². The third kappa shape index (κ3) is 452. The normalized spacial score (nSPS) is 0. The zero-order chi connectivity index (χ0) is 0. The maximum absolute atomic E-state index is 0. The first kappa shape index (κ1) is 719. The molecule has 0 rings (SSSR count). The van der Waals surface area contributed by atoms with Gasteiger partial charge in [0.15, 0.2) is 0 Å². The molecule has 0 atom stereocenters. The fourth-order valence-electron chi connectivity index (χ4n) is 0. The van der Waals surface area contributed by atoms with Crippen LogP contribution in [0.4, 0.5) is 0 Å². The van der Waals surface area contributed by atoms with E-state index in [2.05, 4.69) is 0 Å². The molecule has 0 saturated carbocycles. The molecule has 80 valence electrons. The minimum absolute atomic E-state index is 0.